The summed E-state index contributed by atoms with van der Waals surface area (Å²) >= 11 is 1.87. The molecular weight excluding hydrogens is 224 g/mol. The second-order valence-corrected chi connectivity index (χ2v) is 5.93. The van der Waals surface area contributed by atoms with E-state index in [0.717, 1.165) is 19.5 Å². The summed E-state index contributed by atoms with van der Waals surface area (Å²) in [5.74, 6) is 0.125. The number of thioether (sulfide) groups is 1. The van der Waals surface area contributed by atoms with Crippen LogP contribution in [0.15, 0.2) is 0 Å². The molecule has 4 nitrogen and oxygen atoms in total. The van der Waals surface area contributed by atoms with Crippen molar-refractivity contribution >= 4 is 17.7 Å². The average molecular weight is 244 g/mol. The van der Waals surface area contributed by atoms with Crippen molar-refractivity contribution in [3.05, 3.63) is 0 Å². The van der Waals surface area contributed by atoms with E-state index in [0.29, 0.717) is 4.75 Å². The van der Waals surface area contributed by atoms with Crippen LogP contribution in [-0.2, 0) is 9.53 Å². The maximum Gasteiger partial charge on any atom is 0.237 e. The van der Waals surface area contributed by atoms with E-state index in [1.54, 1.807) is 7.11 Å². The Morgan fingerprint density at radius 2 is 2.38 bits per heavy atom. The summed E-state index contributed by atoms with van der Waals surface area (Å²) in [5.41, 5.74) is 0. The van der Waals surface area contributed by atoms with Gasteiger partial charge in [-0.1, -0.05) is 0 Å². The van der Waals surface area contributed by atoms with Gasteiger partial charge in [0.25, 0.3) is 0 Å². The number of amides is 1. The molecule has 0 spiro atoms. The van der Waals surface area contributed by atoms with Crippen LogP contribution in [0.25, 0.3) is 0 Å². The highest BCUT2D eigenvalue weighted by Crippen LogP contribution is 2.46. The van der Waals surface area contributed by atoms with Gasteiger partial charge < -0.3 is 15.4 Å². The average Bonchev–Trinajstić information content (AvgIpc) is 2.94. The summed E-state index contributed by atoms with van der Waals surface area (Å²) in [6, 6.07) is -0.0670. The van der Waals surface area contributed by atoms with Crippen LogP contribution in [0.2, 0.25) is 0 Å². The van der Waals surface area contributed by atoms with Crippen LogP contribution in [0.4, 0.5) is 0 Å². The number of hydrogen-bond donors (Lipinski definition) is 2. The van der Waals surface area contributed by atoms with E-state index >= 15 is 0 Å². The fourth-order valence-corrected chi connectivity index (χ4v) is 2.77. The van der Waals surface area contributed by atoms with E-state index in [1.807, 2.05) is 11.8 Å². The minimum atomic E-state index is -0.0670. The third-order valence-electron chi connectivity index (χ3n) is 3.57. The van der Waals surface area contributed by atoms with E-state index in [9.17, 15) is 4.79 Å². The van der Waals surface area contributed by atoms with Gasteiger partial charge in [0.05, 0.1) is 12.1 Å². The molecule has 1 aliphatic carbocycles. The summed E-state index contributed by atoms with van der Waals surface area (Å²) in [6.45, 7) is 1.59. The first-order chi connectivity index (χ1) is 7.69. The zero-order chi connectivity index (χ0) is 11.6. The highest BCUT2D eigenvalue weighted by molar-refractivity contribution is 8.00. The number of hydrogen-bond acceptors (Lipinski definition) is 4. The normalized spacial score (nSPS) is 31.4. The van der Waals surface area contributed by atoms with Crippen LogP contribution in [0.3, 0.4) is 0 Å². The number of methoxy groups -OCH3 is 1. The number of rotatable bonds is 5. The van der Waals surface area contributed by atoms with Crippen molar-refractivity contribution in [2.24, 2.45) is 0 Å². The zero-order valence-electron chi connectivity index (χ0n) is 9.91. The predicted octanol–water partition coefficient (Wildman–Crippen LogP) is 0.375. The minimum absolute atomic E-state index is 0.0670. The molecule has 2 N–H and O–H groups in total. The van der Waals surface area contributed by atoms with Gasteiger partial charge in [-0.3, -0.25) is 4.79 Å². The van der Waals surface area contributed by atoms with Gasteiger partial charge in [-0.25, -0.2) is 0 Å². The maximum absolute atomic E-state index is 11.9. The SMILES string of the molecule is COC1CNC(C(=O)NCC2(SC)CC2)C1. The number of nitrogens with one attached hydrogen (secondary N) is 2. The van der Waals surface area contributed by atoms with E-state index in [1.165, 1.54) is 12.8 Å². The van der Waals surface area contributed by atoms with Crippen molar-refractivity contribution in [1.82, 2.24) is 10.6 Å². The van der Waals surface area contributed by atoms with Gasteiger partial charge in [-0.15, -0.1) is 0 Å². The number of carbonyl (C=O) groups excluding carboxylic acids is 1. The molecule has 1 saturated heterocycles. The van der Waals surface area contributed by atoms with Gasteiger partial charge >= 0.3 is 0 Å². The molecule has 1 amide bonds. The second kappa shape index (κ2) is 4.94. The lowest BCUT2D eigenvalue weighted by molar-refractivity contribution is -0.122. The molecule has 5 heteroatoms. The monoisotopic (exact) mass is 244 g/mol. The van der Waals surface area contributed by atoms with Crippen molar-refractivity contribution < 1.29 is 9.53 Å². The summed E-state index contributed by atoms with van der Waals surface area (Å²) in [7, 11) is 1.69. The molecule has 16 heavy (non-hydrogen) atoms. The molecule has 92 valence electrons. The number of ether oxygens (including phenoxy) is 1. The number of carbonyl (C=O) groups is 1. The van der Waals surface area contributed by atoms with E-state index in [4.69, 9.17) is 4.74 Å². The van der Waals surface area contributed by atoms with Crippen molar-refractivity contribution in [1.29, 1.82) is 0 Å². The lowest BCUT2D eigenvalue weighted by atomic mass is 10.2. The molecule has 2 fully saturated rings. The fraction of sp³-hybridized carbons (Fsp3) is 0.909. The van der Waals surface area contributed by atoms with Crippen LogP contribution in [0.5, 0.6) is 0 Å². The standard InChI is InChI=1S/C11H20N2O2S/c1-15-8-5-9(12-6-8)10(14)13-7-11(16-2)3-4-11/h8-9,12H,3-7H2,1-2H3,(H,13,14). The molecule has 0 radical (unpaired) electrons. The Kier molecular flexibility index (Phi) is 3.77. The summed E-state index contributed by atoms with van der Waals surface area (Å²) < 4.78 is 5.57. The molecule has 1 saturated carbocycles. The van der Waals surface area contributed by atoms with Crippen molar-refractivity contribution in [3.63, 3.8) is 0 Å². The van der Waals surface area contributed by atoms with Crippen molar-refractivity contribution in [3.8, 4) is 0 Å². The highest BCUT2D eigenvalue weighted by atomic mass is 32.2. The first-order valence-corrected chi connectivity index (χ1v) is 7.01. The predicted molar refractivity (Wildman–Crippen MR) is 65.7 cm³/mol. The first kappa shape index (κ1) is 12.2. The van der Waals surface area contributed by atoms with Crippen LogP contribution in [0.1, 0.15) is 19.3 Å². The molecule has 1 aliphatic heterocycles. The first-order valence-electron chi connectivity index (χ1n) is 5.78. The van der Waals surface area contributed by atoms with Gasteiger partial charge in [0.1, 0.15) is 0 Å². The van der Waals surface area contributed by atoms with Crippen LogP contribution >= 0.6 is 11.8 Å². The summed E-state index contributed by atoms with van der Waals surface area (Å²) in [6.07, 6.45) is 5.55. The van der Waals surface area contributed by atoms with Crippen LogP contribution < -0.4 is 10.6 Å². The van der Waals surface area contributed by atoms with Gasteiger partial charge in [0, 0.05) is 24.9 Å². The highest BCUT2D eigenvalue weighted by Gasteiger charge is 2.42. The third-order valence-corrected chi connectivity index (χ3v) is 4.98. The van der Waals surface area contributed by atoms with E-state index < -0.39 is 0 Å². The van der Waals surface area contributed by atoms with Crippen LogP contribution in [0, 0.1) is 0 Å². The Balaban J connectivity index is 1.72. The molecule has 1 heterocycles. The quantitative estimate of drug-likeness (QED) is 0.734. The third kappa shape index (κ3) is 2.70. The Bertz CT molecular complexity index is 269. The van der Waals surface area contributed by atoms with Crippen LogP contribution in [-0.4, -0.2) is 49.3 Å². The largest absolute Gasteiger partial charge is 0.380 e. The Morgan fingerprint density at radius 3 is 2.88 bits per heavy atom. The molecule has 2 rings (SSSR count). The van der Waals surface area contributed by atoms with Gasteiger partial charge in [0.2, 0.25) is 5.91 Å². The lowest BCUT2D eigenvalue weighted by Gasteiger charge is -2.16. The molecule has 0 bridgehead atoms. The topological polar surface area (TPSA) is 50.4 Å². The molecule has 0 aromatic rings. The molecule has 2 unspecified atom stereocenters. The Hall–Kier alpha value is -0.260. The molecule has 2 atom stereocenters. The van der Waals surface area contributed by atoms with E-state index in [2.05, 4.69) is 16.9 Å². The van der Waals surface area contributed by atoms with Gasteiger partial charge in [-0.05, 0) is 25.5 Å². The van der Waals surface area contributed by atoms with Crippen molar-refractivity contribution in [2.75, 3.05) is 26.5 Å². The summed E-state index contributed by atoms with van der Waals surface area (Å²) in [5, 5.41) is 6.23. The minimum Gasteiger partial charge on any atom is -0.380 e. The Labute approximate surface area is 101 Å². The van der Waals surface area contributed by atoms with Crippen molar-refractivity contribution in [2.45, 2.75) is 36.2 Å². The summed E-state index contributed by atoms with van der Waals surface area (Å²) in [4.78, 5) is 11.9. The maximum atomic E-state index is 11.9. The fourth-order valence-electron chi connectivity index (χ4n) is 2.05. The molecular formula is C11H20N2O2S. The molecule has 2 aliphatic rings. The van der Waals surface area contributed by atoms with E-state index in [-0.39, 0.29) is 18.1 Å². The Morgan fingerprint density at radius 1 is 1.62 bits per heavy atom. The van der Waals surface area contributed by atoms with Gasteiger partial charge in [0.15, 0.2) is 0 Å². The zero-order valence-corrected chi connectivity index (χ0v) is 10.7. The molecule has 0 aromatic heterocycles. The lowest BCUT2D eigenvalue weighted by Crippen LogP contribution is -2.43. The molecule has 0 aromatic carbocycles. The smallest absolute Gasteiger partial charge is 0.237 e. The second-order valence-electron chi connectivity index (χ2n) is 4.66. The van der Waals surface area contributed by atoms with Gasteiger partial charge in [-0.2, -0.15) is 11.8 Å².